The molecular formula is C23H19N5O6S. The molecular weight excluding hydrogens is 474 g/mol. The summed E-state index contributed by atoms with van der Waals surface area (Å²) in [6.45, 7) is 0. The molecule has 0 saturated carbocycles. The Morgan fingerprint density at radius 1 is 1.03 bits per heavy atom. The van der Waals surface area contributed by atoms with E-state index < -0.39 is 17.8 Å². The lowest BCUT2D eigenvalue weighted by molar-refractivity contribution is -0.113. The van der Waals surface area contributed by atoms with Gasteiger partial charge in [-0.15, -0.1) is 0 Å². The number of hydrogen-bond donors (Lipinski definition) is 2. The summed E-state index contributed by atoms with van der Waals surface area (Å²) in [5, 5.41) is 7.42. The molecule has 2 heterocycles. The number of carbonyl (C=O) groups excluding carboxylic acids is 3. The molecule has 0 saturated heterocycles. The van der Waals surface area contributed by atoms with E-state index in [9.17, 15) is 19.2 Å². The second kappa shape index (κ2) is 10.2. The largest absolute Gasteiger partial charge is 0.465 e. The topological polar surface area (TPSA) is 145 Å². The standard InChI is InChI=1S/C23H19N5O6S/c1-33-21(31)13-8-14(22(32)34-2)10-15(9-13)25-18(29)12-35-23-26-19-17(20(30)27-23)11-24-28(19)16-6-4-3-5-7-16/h3-11H,12H2,1-2H3,(H,25,29)(H,26,27,30). The molecule has 2 aromatic heterocycles. The molecule has 0 atom stereocenters. The minimum atomic E-state index is -0.675. The molecule has 0 spiro atoms. The average molecular weight is 494 g/mol. The Hall–Kier alpha value is -4.45. The third-order valence-corrected chi connectivity index (χ3v) is 5.69. The van der Waals surface area contributed by atoms with Gasteiger partial charge in [-0.3, -0.25) is 9.59 Å². The predicted octanol–water partition coefficient (Wildman–Crippen LogP) is 2.41. The molecule has 2 N–H and O–H groups in total. The van der Waals surface area contributed by atoms with Crippen LogP contribution in [0.5, 0.6) is 0 Å². The third kappa shape index (κ3) is 5.22. The van der Waals surface area contributed by atoms with E-state index in [1.807, 2.05) is 30.3 Å². The number of amides is 1. The number of ether oxygens (including phenoxy) is 2. The summed E-state index contributed by atoms with van der Waals surface area (Å²) in [6, 6.07) is 13.3. The molecule has 12 heteroatoms. The van der Waals surface area contributed by atoms with Crippen LogP contribution in [0.1, 0.15) is 20.7 Å². The first-order chi connectivity index (χ1) is 16.9. The molecule has 1 amide bonds. The summed E-state index contributed by atoms with van der Waals surface area (Å²) in [5.74, 6) is -1.91. The van der Waals surface area contributed by atoms with Crippen molar-refractivity contribution in [3.05, 3.63) is 76.2 Å². The Labute approximate surface area is 202 Å². The summed E-state index contributed by atoms with van der Waals surface area (Å²) in [6.07, 6.45) is 1.43. The van der Waals surface area contributed by atoms with Crippen LogP contribution >= 0.6 is 11.8 Å². The van der Waals surface area contributed by atoms with Gasteiger partial charge in [-0.1, -0.05) is 30.0 Å². The van der Waals surface area contributed by atoms with Crippen molar-refractivity contribution < 1.29 is 23.9 Å². The van der Waals surface area contributed by atoms with Gasteiger partial charge in [0.15, 0.2) is 10.8 Å². The number of fused-ring (bicyclic) bond motifs is 1. The van der Waals surface area contributed by atoms with Crippen LogP contribution in [-0.4, -0.2) is 57.6 Å². The van der Waals surface area contributed by atoms with E-state index in [1.54, 1.807) is 4.68 Å². The maximum atomic E-state index is 12.6. The second-order valence-corrected chi connectivity index (χ2v) is 8.08. The molecule has 178 valence electrons. The smallest absolute Gasteiger partial charge is 0.337 e. The fourth-order valence-electron chi connectivity index (χ4n) is 3.23. The monoisotopic (exact) mass is 493 g/mol. The summed E-state index contributed by atoms with van der Waals surface area (Å²) >= 11 is 1.01. The van der Waals surface area contributed by atoms with E-state index in [0.29, 0.717) is 11.0 Å². The zero-order valence-electron chi connectivity index (χ0n) is 18.6. The highest BCUT2D eigenvalue weighted by Crippen LogP contribution is 2.20. The number of carbonyl (C=O) groups is 3. The van der Waals surface area contributed by atoms with E-state index in [-0.39, 0.29) is 33.3 Å². The van der Waals surface area contributed by atoms with Gasteiger partial charge in [-0.2, -0.15) is 5.10 Å². The van der Waals surface area contributed by atoms with Gasteiger partial charge in [0, 0.05) is 5.69 Å². The van der Waals surface area contributed by atoms with Crippen LogP contribution in [0.15, 0.2) is 64.7 Å². The van der Waals surface area contributed by atoms with Gasteiger partial charge < -0.3 is 19.8 Å². The first-order valence-corrected chi connectivity index (χ1v) is 11.2. The van der Waals surface area contributed by atoms with Crippen molar-refractivity contribution in [2.75, 3.05) is 25.3 Å². The van der Waals surface area contributed by atoms with Gasteiger partial charge in [0.1, 0.15) is 5.39 Å². The molecule has 0 aliphatic heterocycles. The highest BCUT2D eigenvalue weighted by atomic mass is 32.2. The van der Waals surface area contributed by atoms with Gasteiger partial charge in [-0.05, 0) is 30.3 Å². The Balaban J connectivity index is 1.53. The number of nitrogens with zero attached hydrogens (tertiary/aromatic N) is 3. The number of hydrogen-bond acceptors (Lipinski definition) is 9. The first-order valence-electron chi connectivity index (χ1n) is 10.2. The number of esters is 2. The highest BCUT2D eigenvalue weighted by Gasteiger charge is 2.16. The number of H-pyrrole nitrogens is 1. The SMILES string of the molecule is COC(=O)c1cc(NC(=O)CSc2nc3c(cnn3-c3ccccc3)c(=O)[nH]2)cc(C(=O)OC)c1. The number of rotatable bonds is 7. The van der Waals surface area contributed by atoms with Crippen LogP contribution in [-0.2, 0) is 14.3 Å². The molecule has 4 rings (SSSR count). The number of benzene rings is 2. The van der Waals surface area contributed by atoms with Crippen LogP contribution < -0.4 is 10.9 Å². The van der Waals surface area contributed by atoms with E-state index >= 15 is 0 Å². The molecule has 2 aromatic carbocycles. The van der Waals surface area contributed by atoms with Crippen LogP contribution in [0.2, 0.25) is 0 Å². The molecule has 0 aliphatic rings. The second-order valence-electron chi connectivity index (χ2n) is 7.12. The predicted molar refractivity (Wildman–Crippen MR) is 128 cm³/mol. The summed E-state index contributed by atoms with van der Waals surface area (Å²) in [5.41, 5.74) is 1.07. The van der Waals surface area contributed by atoms with Gasteiger partial charge in [0.25, 0.3) is 5.56 Å². The number of nitrogens with one attached hydrogen (secondary N) is 2. The lowest BCUT2D eigenvalue weighted by atomic mass is 10.1. The Kier molecular flexibility index (Phi) is 6.92. The quantitative estimate of drug-likeness (QED) is 0.225. The number of aromatic amines is 1. The number of thioether (sulfide) groups is 1. The normalized spacial score (nSPS) is 10.7. The Morgan fingerprint density at radius 2 is 1.69 bits per heavy atom. The highest BCUT2D eigenvalue weighted by molar-refractivity contribution is 7.99. The Bertz CT molecular complexity index is 1450. The summed E-state index contributed by atoms with van der Waals surface area (Å²) in [7, 11) is 2.41. The first kappa shape index (κ1) is 23.7. The van der Waals surface area contributed by atoms with Crippen molar-refractivity contribution in [3.8, 4) is 5.69 Å². The van der Waals surface area contributed by atoms with E-state index in [0.717, 1.165) is 17.4 Å². The zero-order chi connectivity index (χ0) is 24.9. The zero-order valence-corrected chi connectivity index (χ0v) is 19.4. The van der Waals surface area contributed by atoms with Crippen molar-refractivity contribution in [2.45, 2.75) is 5.16 Å². The van der Waals surface area contributed by atoms with Gasteiger partial charge in [0.05, 0.1) is 43.0 Å². The minimum absolute atomic E-state index is 0.0731. The molecule has 11 nitrogen and oxygen atoms in total. The molecule has 35 heavy (non-hydrogen) atoms. The number of para-hydroxylation sites is 1. The van der Waals surface area contributed by atoms with Gasteiger partial charge in [-0.25, -0.2) is 19.3 Å². The molecule has 0 fully saturated rings. The van der Waals surface area contributed by atoms with Crippen molar-refractivity contribution in [1.29, 1.82) is 0 Å². The molecule has 4 aromatic rings. The van der Waals surface area contributed by atoms with Crippen molar-refractivity contribution in [3.63, 3.8) is 0 Å². The summed E-state index contributed by atoms with van der Waals surface area (Å²) in [4.78, 5) is 56.0. The van der Waals surface area contributed by atoms with Gasteiger partial charge in [0.2, 0.25) is 5.91 Å². The molecule has 0 bridgehead atoms. The lowest BCUT2D eigenvalue weighted by Crippen LogP contribution is -2.17. The maximum absolute atomic E-state index is 12.6. The number of aromatic nitrogens is 4. The van der Waals surface area contributed by atoms with Gasteiger partial charge >= 0.3 is 11.9 Å². The van der Waals surface area contributed by atoms with Crippen molar-refractivity contribution in [2.24, 2.45) is 0 Å². The van der Waals surface area contributed by atoms with Crippen LogP contribution in [0.4, 0.5) is 5.69 Å². The van der Waals surface area contributed by atoms with Crippen LogP contribution in [0, 0.1) is 0 Å². The van der Waals surface area contributed by atoms with Crippen LogP contribution in [0.3, 0.4) is 0 Å². The van der Waals surface area contributed by atoms with E-state index in [2.05, 4.69) is 20.4 Å². The fraction of sp³-hybridized carbons (Fsp3) is 0.130. The number of methoxy groups -OCH3 is 2. The average Bonchev–Trinajstić information content (AvgIpc) is 3.31. The van der Waals surface area contributed by atoms with Crippen LogP contribution in [0.25, 0.3) is 16.7 Å². The molecule has 0 aliphatic carbocycles. The minimum Gasteiger partial charge on any atom is -0.465 e. The summed E-state index contributed by atoms with van der Waals surface area (Å²) < 4.78 is 10.9. The molecule has 0 radical (unpaired) electrons. The van der Waals surface area contributed by atoms with Crippen molar-refractivity contribution in [1.82, 2.24) is 19.7 Å². The lowest BCUT2D eigenvalue weighted by Gasteiger charge is -2.09. The third-order valence-electron chi connectivity index (χ3n) is 4.82. The fourth-order valence-corrected chi connectivity index (χ4v) is 3.88. The maximum Gasteiger partial charge on any atom is 0.337 e. The van der Waals surface area contributed by atoms with E-state index in [4.69, 9.17) is 9.47 Å². The number of anilines is 1. The Morgan fingerprint density at radius 3 is 2.31 bits per heavy atom. The van der Waals surface area contributed by atoms with Crippen molar-refractivity contribution >= 4 is 46.3 Å². The van der Waals surface area contributed by atoms with E-state index in [1.165, 1.54) is 38.6 Å². The molecule has 0 unspecified atom stereocenters.